The molecule has 7 unspecified atom stereocenters. The fourth-order valence-electron chi connectivity index (χ4n) is 4.39. The molecule has 7 atom stereocenters. The largest absolute Gasteiger partial charge is 0.756 e. The highest BCUT2D eigenvalue weighted by atomic mass is 31.2. The van der Waals surface area contributed by atoms with Crippen molar-refractivity contribution in [2.24, 2.45) is 0 Å². The Bertz CT molecular complexity index is 1760. The number of unbranched alkanes of at least 4 members (excludes halogenated alkanes) is 8. The molecule has 0 amide bonds. The second kappa shape index (κ2) is 53.6. The number of ether oxygens (including phenoxy) is 1. The van der Waals surface area contributed by atoms with Gasteiger partial charge in [0.25, 0.3) is 36.9 Å². The number of aldehydes is 4. The van der Waals surface area contributed by atoms with Gasteiger partial charge in [0.2, 0.25) is 0 Å². The van der Waals surface area contributed by atoms with Gasteiger partial charge in [-0.2, -0.15) is 0 Å². The van der Waals surface area contributed by atoms with E-state index in [9.17, 15) is 66.6 Å². The van der Waals surface area contributed by atoms with Gasteiger partial charge in [-0.05, 0) is 39.5 Å². The zero-order valence-corrected chi connectivity index (χ0v) is 42.6. The van der Waals surface area contributed by atoms with Gasteiger partial charge in [-0.1, -0.05) is 12.8 Å². The topological polar surface area (TPSA) is 480 Å². The predicted molar refractivity (Wildman–Crippen MR) is 237 cm³/mol. The normalized spacial score (nSPS) is 17.1. The van der Waals surface area contributed by atoms with Gasteiger partial charge in [-0.3, -0.25) is 32.6 Å². The van der Waals surface area contributed by atoms with Crippen LogP contribution in [0.15, 0.2) is 15.8 Å². The van der Waals surface area contributed by atoms with E-state index < -0.39 is 100 Å². The first-order chi connectivity index (χ1) is 33.7. The molecular formula is C36H62N2O29P4-4. The van der Waals surface area contributed by atoms with Crippen molar-refractivity contribution in [2.45, 2.75) is 103 Å². The second-order valence-corrected chi connectivity index (χ2v) is 17.2. The summed E-state index contributed by atoms with van der Waals surface area (Å²) in [5, 5.41) is 0. The second-order valence-electron chi connectivity index (χ2n) is 11.8. The highest BCUT2D eigenvalue weighted by Gasteiger charge is 2.40. The molecule has 2 N–H and O–H groups in total. The quantitative estimate of drug-likeness (QED) is 0.0533. The third-order valence-electron chi connectivity index (χ3n) is 7.04. The van der Waals surface area contributed by atoms with E-state index in [2.05, 4.69) is 27.1 Å². The van der Waals surface area contributed by atoms with Crippen LogP contribution in [0.2, 0.25) is 0 Å². The van der Waals surface area contributed by atoms with Crippen molar-refractivity contribution in [2.75, 3.05) is 39.6 Å². The lowest BCUT2D eigenvalue weighted by Crippen LogP contribution is -2.33. The average molecular weight is 1110 g/mol. The van der Waals surface area contributed by atoms with Crippen LogP contribution in [0.3, 0.4) is 0 Å². The lowest BCUT2D eigenvalue weighted by molar-refractivity contribution is -0.238. The van der Waals surface area contributed by atoms with Crippen LogP contribution in [-0.4, -0.2) is 132 Å². The van der Waals surface area contributed by atoms with Crippen molar-refractivity contribution in [1.82, 2.24) is 9.55 Å². The number of H-pyrrole nitrogens is 1. The Labute approximate surface area is 408 Å². The molecule has 0 spiro atoms. The molecule has 1 saturated heterocycles. The molecule has 1 aromatic heterocycles. The van der Waals surface area contributed by atoms with Gasteiger partial charge >= 0.3 is 5.69 Å². The van der Waals surface area contributed by atoms with Gasteiger partial charge in [-0.25, -0.2) is 4.79 Å². The maximum Gasteiger partial charge on any atom is 0.330 e. The van der Waals surface area contributed by atoms with Gasteiger partial charge in [0.05, 0.1) is 45.7 Å². The first-order valence-electron chi connectivity index (χ1n) is 19.6. The van der Waals surface area contributed by atoms with Crippen molar-refractivity contribution in [3.8, 4) is 0 Å². The van der Waals surface area contributed by atoms with E-state index in [1.807, 2.05) is 45.7 Å². The number of phosphoric acid groups is 4. The van der Waals surface area contributed by atoms with Crippen molar-refractivity contribution in [1.29, 1.82) is 0 Å². The SMILES string of the molecule is C=O.C=O.C=O.C=O.C=O.C=O.CCOP(=O)([O-])OCCOP(=O)([O-])OCCOP(=O)([O-])OC1CC(n2cc(C)c(=O)[nH]c2=O)OC1COP(=O)([O-])O.O=CCCCCCC=O.O=CCCCCCC=O. The number of phosphoric ester groups is 4. The first kappa shape index (κ1) is 80.9. The minimum atomic E-state index is -5.28. The van der Waals surface area contributed by atoms with E-state index in [0.29, 0.717) is 25.7 Å². The highest BCUT2D eigenvalue weighted by molar-refractivity contribution is 7.46. The molecule has 0 aromatic carbocycles. The number of rotatable bonds is 30. The first-order valence-corrected chi connectivity index (χ1v) is 25.5. The van der Waals surface area contributed by atoms with Crippen molar-refractivity contribution >= 4 is 97.2 Å². The summed E-state index contributed by atoms with van der Waals surface area (Å²) >= 11 is 0. The van der Waals surface area contributed by atoms with Crippen molar-refractivity contribution in [3.63, 3.8) is 0 Å². The Hall–Kier alpha value is -4.22. The number of carbonyl (C=O) groups is 10. The molecule has 35 heteroatoms. The van der Waals surface area contributed by atoms with Crippen LogP contribution < -0.4 is 30.8 Å². The van der Waals surface area contributed by atoms with E-state index in [1.165, 1.54) is 13.8 Å². The molecule has 0 saturated carbocycles. The lowest BCUT2D eigenvalue weighted by Gasteiger charge is -2.29. The van der Waals surface area contributed by atoms with Crippen LogP contribution in [0.1, 0.15) is 89.3 Å². The molecule has 1 aromatic rings. The van der Waals surface area contributed by atoms with Crippen LogP contribution in [0.4, 0.5) is 0 Å². The number of aromatic nitrogens is 2. The molecule has 31 nitrogen and oxygen atoms in total. The highest BCUT2D eigenvalue weighted by Crippen LogP contribution is 2.46. The summed E-state index contributed by atoms with van der Waals surface area (Å²) in [7, 11) is -20.2. The van der Waals surface area contributed by atoms with Crippen molar-refractivity contribution in [3.05, 3.63) is 32.6 Å². The van der Waals surface area contributed by atoms with Gasteiger partial charge in [-0.15, -0.1) is 0 Å². The molecule has 1 fully saturated rings. The Morgan fingerprint density at radius 1 is 0.634 bits per heavy atom. The third-order valence-corrected chi connectivity index (χ3v) is 10.6. The van der Waals surface area contributed by atoms with Crippen LogP contribution in [0.25, 0.3) is 0 Å². The summed E-state index contributed by atoms with van der Waals surface area (Å²) < 4.78 is 83.5. The number of nitrogens with one attached hydrogen (secondary N) is 1. The number of hydrogen-bond acceptors (Lipinski definition) is 28. The molecule has 1 aliphatic heterocycles. The average Bonchev–Trinajstić information content (AvgIpc) is 3.75. The molecular weight excluding hydrogens is 1050 g/mol. The summed E-state index contributed by atoms with van der Waals surface area (Å²) in [5.41, 5.74) is -1.54. The van der Waals surface area contributed by atoms with E-state index in [0.717, 1.165) is 74.4 Å². The Kier molecular flexibility index (Phi) is 61.0. The third kappa shape index (κ3) is 50.5. The maximum absolute atomic E-state index is 12.3. The molecule has 2 rings (SSSR count). The Balaban J connectivity index is -0.000000223. The number of nitrogens with zero attached hydrogens (tertiary/aromatic N) is 1. The van der Waals surface area contributed by atoms with E-state index in [4.69, 9.17) is 42.9 Å². The summed E-state index contributed by atoms with van der Waals surface area (Å²) in [6, 6.07) is 0. The van der Waals surface area contributed by atoms with Gasteiger partial charge < -0.3 is 109 Å². The Morgan fingerprint density at radius 3 is 1.32 bits per heavy atom. The fourth-order valence-corrected chi connectivity index (χ4v) is 7.00. The molecule has 0 radical (unpaired) electrons. The number of aromatic amines is 1. The molecule has 414 valence electrons. The zero-order valence-electron chi connectivity index (χ0n) is 39.0. The standard InChI is InChI=1S/C16H30N2O19P4.2C7H12O2.6CH2O/c1-3-30-39(24,25)31-4-5-32-40(26,27)33-6-7-34-41(28,29)37-12-8-14(36-13(12)10-35-38(21,22)23)18-9-11(2)15(19)17-16(18)20;2*8-6-4-2-1-3-5-7-9;6*1-2/h9,12-14H,3-8,10H2,1-2H3,(H,24,25)(H,26,27)(H,28,29)(H,17,19,20)(H2,21,22,23);2*6-7H,1-5H2;6*1H2/p-4. The molecule has 0 aliphatic carbocycles. The van der Waals surface area contributed by atoms with Gasteiger partial charge in [0.15, 0.2) is 0 Å². The molecule has 1 aliphatic rings. The van der Waals surface area contributed by atoms with E-state index in [1.54, 1.807) is 0 Å². The van der Waals surface area contributed by atoms with Gasteiger partial charge in [0, 0.05) is 43.9 Å². The number of carbonyl (C=O) groups excluding carboxylic acids is 10. The lowest BCUT2D eigenvalue weighted by atomic mass is 10.2. The van der Waals surface area contributed by atoms with E-state index in [-0.39, 0.29) is 12.2 Å². The molecule has 71 heavy (non-hydrogen) atoms. The van der Waals surface area contributed by atoms with Crippen LogP contribution >= 0.6 is 31.3 Å². The van der Waals surface area contributed by atoms with Crippen LogP contribution in [0.5, 0.6) is 0 Å². The molecule has 2 heterocycles. The fraction of sp³-hybridized carbons (Fsp3) is 0.611. The summed E-state index contributed by atoms with van der Waals surface area (Å²) in [5.74, 6) is 0. The smallest absolute Gasteiger partial charge is 0.330 e. The monoisotopic (exact) mass is 1110 g/mol. The minimum absolute atomic E-state index is 0.0886. The van der Waals surface area contributed by atoms with Crippen molar-refractivity contribution < 1.29 is 127 Å². The number of hydrogen-bond donors (Lipinski definition) is 2. The summed E-state index contributed by atoms with van der Waals surface area (Å²) in [6.07, 6.45) is 8.30. The summed E-state index contributed by atoms with van der Waals surface area (Å²) in [6.45, 7) is 10.3. The van der Waals surface area contributed by atoms with E-state index >= 15 is 0 Å². The molecule has 0 bridgehead atoms. The van der Waals surface area contributed by atoms with Gasteiger partial charge in [0.1, 0.15) is 78.2 Å². The zero-order chi connectivity index (χ0) is 57.0. The Morgan fingerprint density at radius 2 is 0.986 bits per heavy atom. The predicted octanol–water partition coefficient (Wildman–Crippen LogP) is -0.937. The van der Waals surface area contributed by atoms with Crippen LogP contribution in [0, 0.1) is 6.92 Å². The summed E-state index contributed by atoms with van der Waals surface area (Å²) in [4.78, 5) is 168. The minimum Gasteiger partial charge on any atom is -0.756 e. The number of aryl methyl sites for hydroxylation is 1. The maximum atomic E-state index is 12.3. The van der Waals surface area contributed by atoms with Crippen LogP contribution in [-0.2, 0) is 103 Å².